The molecule has 2 aromatic rings. The van der Waals surface area contributed by atoms with E-state index in [-0.39, 0.29) is 11.9 Å². The van der Waals surface area contributed by atoms with Gasteiger partial charge in [0.15, 0.2) is 0 Å². The fraction of sp³-hybridized carbons (Fsp3) is 0.429. The Morgan fingerprint density at radius 2 is 1.69 bits per heavy atom. The van der Waals surface area contributed by atoms with Crippen molar-refractivity contribution in [2.24, 2.45) is 0 Å². The van der Waals surface area contributed by atoms with Crippen molar-refractivity contribution in [3.05, 3.63) is 57.9 Å². The number of hydrogen-bond acceptors (Lipinski definition) is 3. The lowest BCUT2D eigenvalue weighted by atomic mass is 10.1. The maximum absolute atomic E-state index is 12.5. The highest BCUT2D eigenvalue weighted by Gasteiger charge is 2.21. The lowest BCUT2D eigenvalue weighted by molar-refractivity contribution is -0.132. The minimum Gasteiger partial charge on any atom is -0.461 e. The molecule has 0 atom stereocenters. The molecule has 0 saturated carbocycles. The van der Waals surface area contributed by atoms with Crippen LogP contribution in [0, 0.1) is 20.8 Å². The van der Waals surface area contributed by atoms with Gasteiger partial charge in [0.25, 0.3) is 0 Å². The van der Waals surface area contributed by atoms with Gasteiger partial charge in [-0.3, -0.25) is 4.79 Å². The second kappa shape index (κ2) is 8.70. The molecule has 1 N–H and O–H groups in total. The molecule has 2 rings (SSSR count). The van der Waals surface area contributed by atoms with Gasteiger partial charge >= 0.3 is 5.97 Å². The molecule has 0 aliphatic rings. The number of aromatic amines is 1. The van der Waals surface area contributed by atoms with E-state index in [0.717, 1.165) is 22.4 Å². The van der Waals surface area contributed by atoms with Gasteiger partial charge in [-0.2, -0.15) is 0 Å². The van der Waals surface area contributed by atoms with Crippen LogP contribution in [0.1, 0.15) is 58.7 Å². The van der Waals surface area contributed by atoms with Crippen molar-refractivity contribution in [3.8, 4) is 0 Å². The minimum atomic E-state index is -0.355. The first-order valence-corrected chi connectivity index (χ1v) is 9.05. The van der Waals surface area contributed by atoms with Crippen LogP contribution in [0.3, 0.4) is 0 Å². The lowest BCUT2D eigenvalue weighted by Crippen LogP contribution is -2.29. The summed E-state index contributed by atoms with van der Waals surface area (Å²) in [6.07, 6.45) is 0.444. The molecule has 1 amide bonds. The molecule has 5 heteroatoms. The Labute approximate surface area is 155 Å². The molecule has 0 radical (unpaired) electrons. The highest BCUT2D eigenvalue weighted by Crippen LogP contribution is 2.22. The van der Waals surface area contributed by atoms with Crippen LogP contribution in [0.2, 0.25) is 0 Å². The Balaban J connectivity index is 2.27. The number of nitrogens with zero attached hydrogens (tertiary/aromatic N) is 1. The smallest absolute Gasteiger partial charge is 0.355 e. The second-order valence-corrected chi connectivity index (χ2v) is 6.54. The molecule has 0 aliphatic carbocycles. The number of carbonyl (C=O) groups is 2. The largest absolute Gasteiger partial charge is 0.461 e. The van der Waals surface area contributed by atoms with Gasteiger partial charge < -0.3 is 14.6 Å². The summed E-state index contributed by atoms with van der Waals surface area (Å²) >= 11 is 0. The summed E-state index contributed by atoms with van der Waals surface area (Å²) < 4.78 is 5.11. The zero-order chi connectivity index (χ0) is 19.3. The summed E-state index contributed by atoms with van der Waals surface area (Å²) in [6.45, 7) is 10.9. The Morgan fingerprint density at radius 3 is 2.27 bits per heavy atom. The van der Waals surface area contributed by atoms with E-state index in [0.29, 0.717) is 31.8 Å². The molecule has 1 aromatic heterocycles. The zero-order valence-corrected chi connectivity index (χ0v) is 16.3. The molecule has 1 heterocycles. The Bertz CT molecular complexity index is 775. The van der Waals surface area contributed by atoms with Gasteiger partial charge in [-0.15, -0.1) is 0 Å². The third-order valence-corrected chi connectivity index (χ3v) is 4.57. The fourth-order valence-electron chi connectivity index (χ4n) is 2.99. The number of H-pyrrole nitrogens is 1. The zero-order valence-electron chi connectivity index (χ0n) is 16.3. The van der Waals surface area contributed by atoms with E-state index in [1.807, 2.05) is 44.7 Å². The summed E-state index contributed by atoms with van der Waals surface area (Å²) in [7, 11) is 0. The molecule has 26 heavy (non-hydrogen) atoms. The molecule has 0 unspecified atom stereocenters. The van der Waals surface area contributed by atoms with Gasteiger partial charge in [0.1, 0.15) is 5.69 Å². The predicted molar refractivity (Wildman–Crippen MR) is 102 cm³/mol. The molecule has 0 aliphatic heterocycles. The number of aromatic nitrogens is 1. The standard InChI is InChI=1S/C21H28N2O3/c1-6-19(24)23(12-17-10-8-14(3)9-11-17)13-18-15(4)20(22-16(18)5)21(25)26-7-2/h8-11,22H,6-7,12-13H2,1-5H3. The molecular formula is C21H28N2O3. The monoisotopic (exact) mass is 356 g/mol. The Kier molecular flexibility index (Phi) is 6.61. The fourth-order valence-corrected chi connectivity index (χ4v) is 2.99. The molecule has 0 saturated heterocycles. The highest BCUT2D eigenvalue weighted by atomic mass is 16.5. The first-order valence-electron chi connectivity index (χ1n) is 9.05. The van der Waals surface area contributed by atoms with Crippen molar-refractivity contribution in [2.75, 3.05) is 6.61 Å². The van der Waals surface area contributed by atoms with E-state index < -0.39 is 0 Å². The van der Waals surface area contributed by atoms with E-state index in [1.54, 1.807) is 6.92 Å². The summed E-state index contributed by atoms with van der Waals surface area (Å²) in [5.74, 6) is -0.269. The van der Waals surface area contributed by atoms with E-state index in [2.05, 4.69) is 17.1 Å². The van der Waals surface area contributed by atoms with Crippen LogP contribution in [0.4, 0.5) is 0 Å². The van der Waals surface area contributed by atoms with Crippen LogP contribution in [-0.4, -0.2) is 28.4 Å². The molecule has 0 fully saturated rings. The van der Waals surface area contributed by atoms with Gasteiger partial charge in [-0.1, -0.05) is 36.8 Å². The molecule has 140 valence electrons. The normalized spacial score (nSPS) is 10.7. The molecular weight excluding hydrogens is 328 g/mol. The summed E-state index contributed by atoms with van der Waals surface area (Å²) in [5.41, 5.74) is 5.47. The van der Waals surface area contributed by atoms with Crippen LogP contribution >= 0.6 is 0 Å². The molecule has 1 aromatic carbocycles. The van der Waals surface area contributed by atoms with Crippen LogP contribution in [-0.2, 0) is 22.6 Å². The number of nitrogens with one attached hydrogen (secondary N) is 1. The van der Waals surface area contributed by atoms with Gasteiger partial charge in [-0.05, 0) is 44.4 Å². The van der Waals surface area contributed by atoms with Crippen LogP contribution in [0.15, 0.2) is 24.3 Å². The van der Waals surface area contributed by atoms with Crippen molar-refractivity contribution >= 4 is 11.9 Å². The number of esters is 1. The first kappa shape index (κ1) is 19.8. The van der Waals surface area contributed by atoms with Crippen molar-refractivity contribution in [1.82, 2.24) is 9.88 Å². The van der Waals surface area contributed by atoms with Crippen LogP contribution < -0.4 is 0 Å². The van der Waals surface area contributed by atoms with E-state index in [1.165, 1.54) is 5.56 Å². The average molecular weight is 356 g/mol. The van der Waals surface area contributed by atoms with Crippen LogP contribution in [0.5, 0.6) is 0 Å². The lowest BCUT2D eigenvalue weighted by Gasteiger charge is -2.23. The second-order valence-electron chi connectivity index (χ2n) is 6.54. The number of aryl methyl sites for hydroxylation is 2. The third kappa shape index (κ3) is 4.54. The maximum atomic E-state index is 12.5. The highest BCUT2D eigenvalue weighted by molar-refractivity contribution is 5.90. The first-order chi connectivity index (χ1) is 12.4. The quantitative estimate of drug-likeness (QED) is 0.761. The number of amides is 1. The summed E-state index contributed by atoms with van der Waals surface area (Å²) in [4.78, 5) is 29.5. The van der Waals surface area contributed by atoms with Gasteiger partial charge in [0.2, 0.25) is 5.91 Å². The number of benzene rings is 1. The molecule has 5 nitrogen and oxygen atoms in total. The minimum absolute atomic E-state index is 0.0864. The SMILES string of the molecule is CCOC(=O)c1[nH]c(C)c(CN(Cc2ccc(C)cc2)C(=O)CC)c1C. The topological polar surface area (TPSA) is 62.4 Å². The number of ether oxygens (including phenoxy) is 1. The van der Waals surface area contributed by atoms with Gasteiger partial charge in [0, 0.05) is 25.2 Å². The molecule has 0 bridgehead atoms. The van der Waals surface area contributed by atoms with Crippen molar-refractivity contribution < 1.29 is 14.3 Å². The van der Waals surface area contributed by atoms with E-state index >= 15 is 0 Å². The molecule has 0 spiro atoms. The summed E-state index contributed by atoms with van der Waals surface area (Å²) in [6, 6.07) is 8.20. The summed E-state index contributed by atoms with van der Waals surface area (Å²) in [5, 5.41) is 0. The number of hydrogen-bond donors (Lipinski definition) is 1. The van der Waals surface area contributed by atoms with Crippen molar-refractivity contribution in [2.45, 2.75) is 54.1 Å². The Morgan fingerprint density at radius 1 is 1.04 bits per heavy atom. The van der Waals surface area contributed by atoms with Gasteiger partial charge in [0.05, 0.1) is 6.61 Å². The van der Waals surface area contributed by atoms with Crippen molar-refractivity contribution in [1.29, 1.82) is 0 Å². The van der Waals surface area contributed by atoms with Crippen molar-refractivity contribution in [3.63, 3.8) is 0 Å². The predicted octanol–water partition coefficient (Wildman–Crippen LogP) is 4.06. The Hall–Kier alpha value is -2.56. The third-order valence-electron chi connectivity index (χ3n) is 4.57. The average Bonchev–Trinajstić information content (AvgIpc) is 2.90. The van der Waals surface area contributed by atoms with Crippen LogP contribution in [0.25, 0.3) is 0 Å². The van der Waals surface area contributed by atoms with Gasteiger partial charge in [-0.25, -0.2) is 4.79 Å². The van der Waals surface area contributed by atoms with E-state index in [9.17, 15) is 9.59 Å². The number of carbonyl (C=O) groups excluding carboxylic acids is 2. The van der Waals surface area contributed by atoms with E-state index in [4.69, 9.17) is 4.74 Å². The number of rotatable bonds is 7. The maximum Gasteiger partial charge on any atom is 0.355 e.